The first kappa shape index (κ1) is 16.9. The van der Waals surface area contributed by atoms with Crippen molar-refractivity contribution in [3.05, 3.63) is 29.3 Å². The second kappa shape index (κ2) is 8.23. The molecule has 1 aromatic rings. The van der Waals surface area contributed by atoms with E-state index in [1.807, 2.05) is 6.92 Å². The van der Waals surface area contributed by atoms with Crippen LogP contribution in [0.5, 0.6) is 5.75 Å². The highest BCUT2D eigenvalue weighted by atomic mass is 16.5. The molecule has 0 aliphatic heterocycles. The molecule has 0 radical (unpaired) electrons. The zero-order valence-corrected chi connectivity index (χ0v) is 12.2. The lowest BCUT2D eigenvalue weighted by Crippen LogP contribution is -2.36. The number of nitrogens with two attached hydrogens (primary N) is 1. The predicted molar refractivity (Wildman–Crippen MR) is 77.1 cm³/mol. The minimum Gasteiger partial charge on any atom is -0.497 e. The van der Waals surface area contributed by atoms with Crippen LogP contribution in [0.3, 0.4) is 0 Å². The first-order chi connectivity index (χ1) is 10.0. The van der Waals surface area contributed by atoms with Gasteiger partial charge in [-0.15, -0.1) is 0 Å². The maximum Gasteiger partial charge on any atom is 0.274 e. The van der Waals surface area contributed by atoms with Gasteiger partial charge < -0.3 is 15.8 Å². The number of hydroxylamine groups is 1. The smallest absolute Gasteiger partial charge is 0.274 e. The van der Waals surface area contributed by atoms with Gasteiger partial charge in [0.15, 0.2) is 0 Å². The second-order valence-corrected chi connectivity index (χ2v) is 4.54. The number of hydrogen-bond donors (Lipinski definition) is 4. The highest BCUT2D eigenvalue weighted by molar-refractivity contribution is 5.97. The van der Waals surface area contributed by atoms with Crippen molar-refractivity contribution in [2.24, 2.45) is 5.73 Å². The summed E-state index contributed by atoms with van der Waals surface area (Å²) < 4.78 is 5.10. The van der Waals surface area contributed by atoms with Crippen molar-refractivity contribution in [3.63, 3.8) is 0 Å². The summed E-state index contributed by atoms with van der Waals surface area (Å²) in [7, 11) is 1.48. The fraction of sp³-hybridized carbons (Fsp3) is 0.429. The molecule has 7 heteroatoms. The molecule has 0 saturated heterocycles. The number of ether oxygens (including phenoxy) is 1. The summed E-state index contributed by atoms with van der Waals surface area (Å²) in [6, 6.07) is 3.76. The van der Waals surface area contributed by atoms with E-state index in [1.54, 1.807) is 17.6 Å². The molecule has 0 fully saturated rings. The third-order valence-electron chi connectivity index (χ3n) is 3.08. The summed E-state index contributed by atoms with van der Waals surface area (Å²) in [4.78, 5) is 23.4. The Morgan fingerprint density at radius 2 is 2.14 bits per heavy atom. The molecule has 1 unspecified atom stereocenters. The molecule has 1 rings (SSSR count). The molecule has 0 heterocycles. The van der Waals surface area contributed by atoms with Gasteiger partial charge in [0, 0.05) is 5.56 Å². The molecular weight excluding hydrogens is 274 g/mol. The Morgan fingerprint density at radius 1 is 1.43 bits per heavy atom. The molecule has 0 bridgehead atoms. The van der Waals surface area contributed by atoms with E-state index in [9.17, 15) is 9.59 Å². The van der Waals surface area contributed by atoms with Crippen molar-refractivity contribution in [2.45, 2.75) is 25.8 Å². The molecule has 2 amide bonds. The lowest BCUT2D eigenvalue weighted by atomic mass is 9.98. The summed E-state index contributed by atoms with van der Waals surface area (Å²) in [5.74, 6) is -0.828. The Hall–Kier alpha value is -2.12. The van der Waals surface area contributed by atoms with E-state index < -0.39 is 17.9 Å². The number of hydrogen-bond acceptors (Lipinski definition) is 5. The summed E-state index contributed by atoms with van der Waals surface area (Å²) >= 11 is 0. The molecule has 0 spiro atoms. The monoisotopic (exact) mass is 295 g/mol. The van der Waals surface area contributed by atoms with Crippen LogP contribution in [0.1, 0.15) is 41.7 Å². The molecular formula is C14H21N3O4. The molecule has 0 aromatic heterocycles. The quantitative estimate of drug-likeness (QED) is 0.321. The zero-order chi connectivity index (χ0) is 15.8. The van der Waals surface area contributed by atoms with Crippen molar-refractivity contribution in [3.8, 4) is 5.75 Å². The lowest BCUT2D eigenvalue weighted by Gasteiger charge is -2.19. The largest absolute Gasteiger partial charge is 0.497 e. The van der Waals surface area contributed by atoms with E-state index >= 15 is 0 Å². The van der Waals surface area contributed by atoms with Crippen LogP contribution in [-0.2, 0) is 4.79 Å². The number of carbonyl (C=O) groups is 2. The van der Waals surface area contributed by atoms with Gasteiger partial charge in [-0.2, -0.15) is 0 Å². The number of methoxy groups -OCH3 is 1. The average molecular weight is 295 g/mol. The van der Waals surface area contributed by atoms with E-state index in [2.05, 4.69) is 5.32 Å². The number of amides is 2. The van der Waals surface area contributed by atoms with Crippen LogP contribution in [0.4, 0.5) is 0 Å². The van der Waals surface area contributed by atoms with E-state index in [4.69, 9.17) is 15.7 Å². The van der Waals surface area contributed by atoms with Gasteiger partial charge in [-0.25, -0.2) is 5.48 Å². The third-order valence-corrected chi connectivity index (χ3v) is 3.08. The molecule has 0 aliphatic rings. The zero-order valence-electron chi connectivity index (χ0n) is 12.2. The second-order valence-electron chi connectivity index (χ2n) is 4.54. The highest BCUT2D eigenvalue weighted by Gasteiger charge is 2.23. The summed E-state index contributed by atoms with van der Waals surface area (Å²) in [5.41, 5.74) is 7.50. The van der Waals surface area contributed by atoms with E-state index in [-0.39, 0.29) is 5.56 Å². The van der Waals surface area contributed by atoms with Crippen molar-refractivity contribution in [1.82, 2.24) is 10.8 Å². The standard InChI is InChI=1S/C14H21N3O4/c1-3-4-7-16-12(13(15)18)11-8-9(21-2)5-6-10(11)14(19)17-20/h5-6,8,12,16,20H,3-4,7H2,1-2H3,(H2,15,18)(H,17,19). The summed E-state index contributed by atoms with van der Waals surface area (Å²) in [6.07, 6.45) is 1.83. The average Bonchev–Trinajstić information content (AvgIpc) is 2.50. The predicted octanol–water partition coefficient (Wildman–Crippen LogP) is 0.730. The molecule has 7 nitrogen and oxygen atoms in total. The van der Waals surface area contributed by atoms with Gasteiger partial charge in [-0.1, -0.05) is 13.3 Å². The molecule has 21 heavy (non-hydrogen) atoms. The van der Waals surface area contributed by atoms with Gasteiger partial charge in [0.25, 0.3) is 5.91 Å². The first-order valence-electron chi connectivity index (χ1n) is 6.70. The van der Waals surface area contributed by atoms with Gasteiger partial charge in [-0.05, 0) is 36.7 Å². The van der Waals surface area contributed by atoms with Crippen LogP contribution in [0.2, 0.25) is 0 Å². The minimum absolute atomic E-state index is 0.158. The van der Waals surface area contributed by atoms with E-state index in [0.29, 0.717) is 17.9 Å². The lowest BCUT2D eigenvalue weighted by molar-refractivity contribution is -0.120. The van der Waals surface area contributed by atoms with E-state index in [0.717, 1.165) is 12.8 Å². The van der Waals surface area contributed by atoms with Crippen molar-refractivity contribution in [2.75, 3.05) is 13.7 Å². The highest BCUT2D eigenvalue weighted by Crippen LogP contribution is 2.24. The minimum atomic E-state index is -0.834. The normalized spacial score (nSPS) is 11.8. The number of unbranched alkanes of at least 4 members (excludes halogenated alkanes) is 1. The third kappa shape index (κ3) is 4.44. The Kier molecular flexibility index (Phi) is 6.64. The van der Waals surface area contributed by atoms with Crippen molar-refractivity contribution < 1.29 is 19.5 Å². The summed E-state index contributed by atoms with van der Waals surface area (Å²) in [5, 5.41) is 11.8. The molecule has 116 valence electrons. The van der Waals surface area contributed by atoms with E-state index in [1.165, 1.54) is 13.2 Å². The topological polar surface area (TPSA) is 114 Å². The summed E-state index contributed by atoms with van der Waals surface area (Å²) in [6.45, 7) is 2.61. The Balaban J connectivity index is 3.19. The van der Waals surface area contributed by atoms with Crippen LogP contribution in [0.25, 0.3) is 0 Å². The Bertz CT molecular complexity index is 505. The van der Waals surface area contributed by atoms with Gasteiger partial charge >= 0.3 is 0 Å². The molecule has 5 N–H and O–H groups in total. The van der Waals surface area contributed by atoms with Gasteiger partial charge in [0.1, 0.15) is 11.8 Å². The van der Waals surface area contributed by atoms with Crippen LogP contribution >= 0.6 is 0 Å². The molecule has 0 saturated carbocycles. The van der Waals surface area contributed by atoms with Crippen LogP contribution in [0, 0.1) is 0 Å². The Morgan fingerprint density at radius 3 is 2.67 bits per heavy atom. The van der Waals surface area contributed by atoms with Gasteiger partial charge in [0.05, 0.1) is 7.11 Å². The Labute approximate surface area is 123 Å². The van der Waals surface area contributed by atoms with Crippen molar-refractivity contribution >= 4 is 11.8 Å². The molecule has 1 atom stereocenters. The van der Waals surface area contributed by atoms with Crippen LogP contribution in [-0.4, -0.2) is 30.7 Å². The molecule has 1 aromatic carbocycles. The SMILES string of the molecule is CCCCNC(C(N)=O)c1cc(OC)ccc1C(=O)NO. The first-order valence-corrected chi connectivity index (χ1v) is 6.70. The fourth-order valence-corrected chi connectivity index (χ4v) is 1.96. The number of benzene rings is 1. The number of rotatable bonds is 8. The van der Waals surface area contributed by atoms with Crippen LogP contribution < -0.4 is 21.3 Å². The maximum atomic E-state index is 11.7. The van der Waals surface area contributed by atoms with Gasteiger partial charge in [-0.3, -0.25) is 14.8 Å². The number of nitrogens with one attached hydrogen (secondary N) is 2. The number of carbonyl (C=O) groups excluding carboxylic acids is 2. The maximum absolute atomic E-state index is 11.7. The van der Waals surface area contributed by atoms with Crippen LogP contribution in [0.15, 0.2) is 18.2 Å². The van der Waals surface area contributed by atoms with Gasteiger partial charge in [0.2, 0.25) is 5.91 Å². The fourth-order valence-electron chi connectivity index (χ4n) is 1.96. The van der Waals surface area contributed by atoms with Crippen molar-refractivity contribution in [1.29, 1.82) is 0 Å². The molecule has 0 aliphatic carbocycles. The number of primary amides is 1.